The highest BCUT2D eigenvalue weighted by atomic mass is 16.7. The summed E-state index contributed by atoms with van der Waals surface area (Å²) < 4.78 is 0. The monoisotopic (exact) mass is 118 g/mol. The topological polar surface area (TPSA) is 81.4 Å². The summed E-state index contributed by atoms with van der Waals surface area (Å²) in [6, 6.07) is 0. The summed E-state index contributed by atoms with van der Waals surface area (Å²) in [4.78, 5) is 23.8. The Hall–Kier alpha value is -0.940. The highest BCUT2D eigenvalue weighted by Gasteiger charge is 2.06. The lowest BCUT2D eigenvalue weighted by Gasteiger charge is -1.93. The van der Waals surface area contributed by atoms with E-state index >= 15 is 0 Å². The van der Waals surface area contributed by atoms with Gasteiger partial charge in [0.2, 0.25) is 5.78 Å². The first-order chi connectivity index (χ1) is 3.68. The van der Waals surface area contributed by atoms with Crippen LogP contribution >= 0.6 is 0 Å². The lowest BCUT2D eigenvalue weighted by molar-refractivity contribution is -0.158. The van der Waals surface area contributed by atoms with E-state index in [0.717, 1.165) is 6.92 Å². The van der Waals surface area contributed by atoms with E-state index in [0.29, 0.717) is 0 Å². The Bertz CT molecular complexity index is 111. The van der Waals surface area contributed by atoms with Gasteiger partial charge in [0.1, 0.15) is 0 Å². The van der Waals surface area contributed by atoms with Gasteiger partial charge in [0.05, 0.1) is 0 Å². The third kappa shape index (κ3) is 2.27. The van der Waals surface area contributed by atoms with Gasteiger partial charge in [0.25, 0.3) is 0 Å². The number of hydrazine groups is 1. The number of carbonyl (C=O) groups is 2. The molecule has 0 radical (unpaired) electrons. The van der Waals surface area contributed by atoms with Gasteiger partial charge in [-0.1, -0.05) is 5.59 Å². The molecule has 0 spiro atoms. The zero-order valence-corrected chi connectivity index (χ0v) is 4.30. The van der Waals surface area contributed by atoms with Crippen molar-refractivity contribution in [1.82, 2.24) is 5.59 Å². The maximum absolute atomic E-state index is 10.0. The molecule has 0 aromatic heterocycles. The van der Waals surface area contributed by atoms with E-state index in [1.165, 1.54) is 0 Å². The van der Waals surface area contributed by atoms with Crippen molar-refractivity contribution in [3.05, 3.63) is 0 Å². The summed E-state index contributed by atoms with van der Waals surface area (Å²) in [5.41, 5.74) is 1.58. The van der Waals surface area contributed by atoms with Gasteiger partial charge in [-0.25, -0.2) is 10.6 Å². The fourth-order valence-corrected chi connectivity index (χ4v) is 0.125. The van der Waals surface area contributed by atoms with E-state index < -0.39 is 11.8 Å². The van der Waals surface area contributed by atoms with E-state index in [9.17, 15) is 9.59 Å². The Morgan fingerprint density at radius 1 is 1.62 bits per heavy atom. The second kappa shape index (κ2) is 3.11. The van der Waals surface area contributed by atoms with Crippen LogP contribution in [0.2, 0.25) is 0 Å². The predicted molar refractivity (Wildman–Crippen MR) is 24.1 cm³/mol. The van der Waals surface area contributed by atoms with Crippen LogP contribution in [0, 0.1) is 0 Å². The Kier molecular flexibility index (Phi) is 2.75. The third-order valence-corrected chi connectivity index (χ3v) is 0.439. The maximum atomic E-state index is 10.0. The van der Waals surface area contributed by atoms with Gasteiger partial charge in [-0.15, -0.1) is 0 Å². The van der Waals surface area contributed by atoms with Gasteiger partial charge in [0, 0.05) is 6.92 Å². The lowest BCUT2D eigenvalue weighted by Crippen LogP contribution is -2.29. The molecule has 0 unspecified atom stereocenters. The number of hydrogen-bond donors (Lipinski definition) is 2. The molecule has 0 rings (SSSR count). The lowest BCUT2D eigenvalue weighted by atomic mass is 10.5. The van der Waals surface area contributed by atoms with Crippen molar-refractivity contribution < 1.29 is 14.4 Å². The number of hydrogen-bond acceptors (Lipinski definition) is 5. The maximum Gasteiger partial charge on any atom is 0.394 e. The molecule has 0 aliphatic rings. The molecule has 0 aliphatic heterocycles. The summed E-state index contributed by atoms with van der Waals surface area (Å²) >= 11 is 0. The van der Waals surface area contributed by atoms with Gasteiger partial charge in [-0.05, 0) is 0 Å². The summed E-state index contributed by atoms with van der Waals surface area (Å²) in [6.45, 7) is 1.08. The molecular weight excluding hydrogens is 112 g/mol. The average molecular weight is 118 g/mol. The number of nitrogens with two attached hydrogens (primary N) is 1. The number of ketones is 1. The van der Waals surface area contributed by atoms with Crippen LogP contribution in [0.3, 0.4) is 0 Å². The molecule has 0 aliphatic carbocycles. The number of Topliss-reactive ketones (excluding diaryl/α,β-unsaturated/α-hetero) is 1. The van der Waals surface area contributed by atoms with Crippen molar-refractivity contribution in [2.45, 2.75) is 6.92 Å². The van der Waals surface area contributed by atoms with Crippen molar-refractivity contribution in [3.8, 4) is 0 Å². The minimum atomic E-state index is -0.993. The molecule has 5 nitrogen and oxygen atoms in total. The zero-order chi connectivity index (χ0) is 6.57. The van der Waals surface area contributed by atoms with Crippen LogP contribution < -0.4 is 11.4 Å². The van der Waals surface area contributed by atoms with Crippen molar-refractivity contribution in [1.29, 1.82) is 0 Å². The quantitative estimate of drug-likeness (QED) is 0.262. The smallest absolute Gasteiger partial charge is 0.349 e. The van der Waals surface area contributed by atoms with Gasteiger partial charge in [0.15, 0.2) is 0 Å². The van der Waals surface area contributed by atoms with Gasteiger partial charge < -0.3 is 4.84 Å². The standard InChI is InChI=1S/C3H6N2O3/c1-2(6)3(7)8-5-4/h5H,4H2,1H3. The molecule has 0 aromatic rings. The van der Waals surface area contributed by atoms with Crippen LogP contribution in [-0.2, 0) is 14.4 Å². The highest BCUT2D eigenvalue weighted by Crippen LogP contribution is 1.71. The molecule has 5 heteroatoms. The molecular formula is C3H6N2O3. The fraction of sp³-hybridized carbons (Fsp3) is 0.333. The predicted octanol–water partition coefficient (Wildman–Crippen LogP) is -1.50. The zero-order valence-electron chi connectivity index (χ0n) is 4.30. The molecule has 0 fully saturated rings. The number of nitrogens with one attached hydrogen (secondary N) is 1. The molecule has 3 N–H and O–H groups in total. The second-order valence-electron chi connectivity index (χ2n) is 1.06. The van der Waals surface area contributed by atoms with Crippen molar-refractivity contribution in [2.24, 2.45) is 5.84 Å². The molecule has 0 heterocycles. The Morgan fingerprint density at radius 3 is 2.25 bits per heavy atom. The largest absolute Gasteiger partial charge is 0.394 e. The van der Waals surface area contributed by atoms with E-state index in [-0.39, 0.29) is 0 Å². The van der Waals surface area contributed by atoms with E-state index in [2.05, 4.69) is 10.7 Å². The van der Waals surface area contributed by atoms with E-state index in [1.807, 2.05) is 0 Å². The van der Waals surface area contributed by atoms with Crippen molar-refractivity contribution in [2.75, 3.05) is 0 Å². The van der Waals surface area contributed by atoms with Crippen LogP contribution in [-0.4, -0.2) is 11.8 Å². The summed E-state index contributed by atoms with van der Waals surface area (Å²) in [6.07, 6.45) is 0. The first-order valence-corrected chi connectivity index (χ1v) is 1.86. The first-order valence-electron chi connectivity index (χ1n) is 1.86. The van der Waals surface area contributed by atoms with Gasteiger partial charge >= 0.3 is 5.97 Å². The van der Waals surface area contributed by atoms with Crippen molar-refractivity contribution in [3.63, 3.8) is 0 Å². The SMILES string of the molecule is CC(=O)C(=O)ONN. The molecule has 0 saturated carbocycles. The number of carbonyl (C=O) groups excluding carboxylic acids is 2. The normalized spacial score (nSPS) is 8.25. The van der Waals surface area contributed by atoms with E-state index in [1.54, 1.807) is 5.59 Å². The van der Waals surface area contributed by atoms with Crippen molar-refractivity contribution >= 4 is 11.8 Å². The van der Waals surface area contributed by atoms with Crippen LogP contribution in [0.25, 0.3) is 0 Å². The molecule has 0 aromatic carbocycles. The summed E-state index contributed by atoms with van der Waals surface area (Å²) in [7, 11) is 0. The number of rotatable bonds is 2. The van der Waals surface area contributed by atoms with Crippen LogP contribution in [0.15, 0.2) is 0 Å². The minimum Gasteiger partial charge on any atom is -0.349 e. The minimum absolute atomic E-state index is 0.692. The Labute approximate surface area is 45.7 Å². The van der Waals surface area contributed by atoms with E-state index in [4.69, 9.17) is 0 Å². The Balaban J connectivity index is 3.49. The second-order valence-corrected chi connectivity index (χ2v) is 1.06. The summed E-state index contributed by atoms with van der Waals surface area (Å²) in [5.74, 6) is 2.84. The Morgan fingerprint density at radius 2 is 2.12 bits per heavy atom. The molecule has 8 heavy (non-hydrogen) atoms. The molecule has 0 saturated heterocycles. The third-order valence-electron chi connectivity index (χ3n) is 0.439. The molecule has 0 amide bonds. The van der Waals surface area contributed by atoms with Crippen LogP contribution in [0.5, 0.6) is 0 Å². The molecule has 46 valence electrons. The van der Waals surface area contributed by atoms with Gasteiger partial charge in [-0.3, -0.25) is 4.79 Å². The highest BCUT2D eigenvalue weighted by molar-refractivity contribution is 6.32. The van der Waals surface area contributed by atoms with Crippen LogP contribution in [0.1, 0.15) is 6.92 Å². The van der Waals surface area contributed by atoms with Gasteiger partial charge in [-0.2, -0.15) is 0 Å². The summed E-state index contributed by atoms with van der Waals surface area (Å²) in [5, 5.41) is 0. The van der Waals surface area contributed by atoms with Crippen LogP contribution in [0.4, 0.5) is 0 Å². The molecule has 0 bridgehead atoms. The molecule has 0 atom stereocenters. The first kappa shape index (κ1) is 7.06. The fourth-order valence-electron chi connectivity index (χ4n) is 0.125. The average Bonchev–Trinajstić information content (AvgIpc) is 1.67.